The van der Waals surface area contributed by atoms with Gasteiger partial charge < -0.3 is 10.7 Å². The van der Waals surface area contributed by atoms with Crippen LogP contribution in [-0.4, -0.2) is 36.6 Å². The molecule has 1 aromatic carbocycles. The van der Waals surface area contributed by atoms with Crippen LogP contribution < -0.4 is 10.7 Å². The van der Waals surface area contributed by atoms with E-state index >= 15 is 0 Å². The first-order chi connectivity index (χ1) is 7.83. The lowest BCUT2D eigenvalue weighted by molar-refractivity contribution is 0.157. The van der Waals surface area contributed by atoms with Gasteiger partial charge in [0.15, 0.2) is 0 Å². The topological polar surface area (TPSA) is 39.7 Å². The molecule has 1 unspecified atom stereocenters. The van der Waals surface area contributed by atoms with Crippen molar-refractivity contribution < 1.29 is 0 Å². The van der Waals surface area contributed by atoms with Gasteiger partial charge in [0.25, 0.3) is 0 Å². The van der Waals surface area contributed by atoms with Crippen molar-refractivity contribution in [2.24, 2.45) is 4.99 Å². The predicted octanol–water partition coefficient (Wildman–Crippen LogP) is 0.491. The van der Waals surface area contributed by atoms with Gasteiger partial charge in [0, 0.05) is 25.2 Å². The maximum Gasteiger partial charge on any atom is 0.144 e. The molecule has 0 aromatic heterocycles. The highest BCUT2D eigenvalue weighted by Gasteiger charge is 2.28. The quantitative estimate of drug-likeness (QED) is 0.718. The van der Waals surface area contributed by atoms with Crippen LogP contribution in [0.15, 0.2) is 29.3 Å². The number of aryl methyl sites for hydroxylation is 1. The second-order valence-corrected chi connectivity index (χ2v) is 4.33. The Bertz CT molecular complexity index is 410. The van der Waals surface area contributed by atoms with Crippen LogP contribution >= 0.6 is 0 Å². The molecular formula is C12H16N4. The van der Waals surface area contributed by atoms with Crippen LogP contribution in [0.25, 0.3) is 0 Å². The number of benzene rings is 1. The van der Waals surface area contributed by atoms with Gasteiger partial charge in [-0.05, 0) is 6.92 Å². The zero-order valence-electron chi connectivity index (χ0n) is 9.40. The molecule has 0 spiro atoms. The summed E-state index contributed by atoms with van der Waals surface area (Å²) >= 11 is 0. The molecule has 1 aromatic rings. The molecule has 0 aliphatic carbocycles. The number of nitrogens with zero attached hydrogens (tertiary/aromatic N) is 2. The molecule has 1 atom stereocenters. The molecule has 2 N–H and O–H groups in total. The van der Waals surface area contributed by atoms with Crippen molar-refractivity contribution in [1.82, 2.24) is 15.8 Å². The van der Waals surface area contributed by atoms with Gasteiger partial charge in [-0.25, -0.2) is 4.99 Å². The molecule has 3 rings (SSSR count). The van der Waals surface area contributed by atoms with E-state index < -0.39 is 0 Å². The van der Waals surface area contributed by atoms with Gasteiger partial charge in [-0.2, -0.15) is 5.01 Å². The van der Waals surface area contributed by atoms with E-state index in [1.54, 1.807) is 0 Å². The number of amidine groups is 1. The molecule has 84 valence electrons. The van der Waals surface area contributed by atoms with Crippen LogP contribution in [0.3, 0.4) is 0 Å². The van der Waals surface area contributed by atoms with Crippen LogP contribution in [0.4, 0.5) is 0 Å². The van der Waals surface area contributed by atoms with Crippen molar-refractivity contribution in [3.63, 3.8) is 0 Å². The number of hydrogen-bond donors (Lipinski definition) is 2. The zero-order valence-corrected chi connectivity index (χ0v) is 9.40. The summed E-state index contributed by atoms with van der Waals surface area (Å²) in [5.41, 5.74) is 5.82. The van der Waals surface area contributed by atoms with E-state index in [-0.39, 0.29) is 6.17 Å². The zero-order chi connectivity index (χ0) is 11.0. The molecule has 0 bridgehead atoms. The van der Waals surface area contributed by atoms with Gasteiger partial charge in [-0.15, -0.1) is 0 Å². The molecule has 0 amide bonds. The Hall–Kier alpha value is -1.39. The van der Waals surface area contributed by atoms with Gasteiger partial charge in [0.1, 0.15) is 12.0 Å². The maximum atomic E-state index is 4.68. The van der Waals surface area contributed by atoms with Crippen LogP contribution in [0, 0.1) is 6.92 Å². The highest BCUT2D eigenvalue weighted by Crippen LogP contribution is 2.13. The number of aliphatic imine (C=N–C) groups is 1. The summed E-state index contributed by atoms with van der Waals surface area (Å²) in [5, 5.41) is 5.55. The van der Waals surface area contributed by atoms with Gasteiger partial charge in [-0.3, -0.25) is 0 Å². The van der Waals surface area contributed by atoms with E-state index in [1.807, 2.05) is 0 Å². The van der Waals surface area contributed by atoms with Gasteiger partial charge >= 0.3 is 0 Å². The summed E-state index contributed by atoms with van der Waals surface area (Å²) in [7, 11) is 0. The van der Waals surface area contributed by atoms with E-state index in [0.29, 0.717) is 0 Å². The molecular weight excluding hydrogens is 200 g/mol. The van der Waals surface area contributed by atoms with Gasteiger partial charge in [0.2, 0.25) is 0 Å². The van der Waals surface area contributed by atoms with Crippen LogP contribution in [-0.2, 0) is 0 Å². The van der Waals surface area contributed by atoms with Crippen molar-refractivity contribution in [3.05, 3.63) is 35.4 Å². The first-order valence-corrected chi connectivity index (χ1v) is 5.72. The first kappa shape index (κ1) is 9.81. The molecule has 2 aliphatic rings. The van der Waals surface area contributed by atoms with E-state index in [2.05, 4.69) is 51.9 Å². The molecule has 1 fully saturated rings. The van der Waals surface area contributed by atoms with Crippen LogP contribution in [0.1, 0.15) is 11.1 Å². The number of nitrogens with one attached hydrogen (secondary N) is 2. The minimum absolute atomic E-state index is 0.255. The van der Waals surface area contributed by atoms with E-state index in [1.165, 1.54) is 11.1 Å². The second-order valence-electron chi connectivity index (χ2n) is 4.33. The summed E-state index contributed by atoms with van der Waals surface area (Å²) in [6, 6.07) is 8.48. The lowest BCUT2D eigenvalue weighted by Gasteiger charge is -2.27. The van der Waals surface area contributed by atoms with Crippen molar-refractivity contribution in [3.8, 4) is 0 Å². The number of fused-ring (bicyclic) bond motifs is 1. The summed E-state index contributed by atoms with van der Waals surface area (Å²) < 4.78 is 0. The molecule has 1 saturated heterocycles. The second kappa shape index (κ2) is 3.88. The lowest BCUT2D eigenvalue weighted by Crippen LogP contribution is -2.52. The Morgan fingerprint density at radius 2 is 2.12 bits per heavy atom. The Labute approximate surface area is 95.3 Å². The summed E-state index contributed by atoms with van der Waals surface area (Å²) in [6.45, 7) is 5.06. The van der Waals surface area contributed by atoms with E-state index in [9.17, 15) is 0 Å². The van der Waals surface area contributed by atoms with Crippen LogP contribution in [0.2, 0.25) is 0 Å². The third-order valence-corrected chi connectivity index (χ3v) is 3.07. The minimum Gasteiger partial charge on any atom is -0.312 e. The molecule has 2 heterocycles. The Kier molecular flexibility index (Phi) is 2.38. The molecule has 16 heavy (non-hydrogen) atoms. The van der Waals surface area contributed by atoms with Gasteiger partial charge in [0.05, 0.1) is 0 Å². The van der Waals surface area contributed by atoms with E-state index in [0.717, 1.165) is 25.5 Å². The number of hydrogen-bond acceptors (Lipinski definition) is 4. The predicted molar refractivity (Wildman–Crippen MR) is 64.2 cm³/mol. The molecule has 0 saturated carbocycles. The first-order valence-electron chi connectivity index (χ1n) is 5.72. The van der Waals surface area contributed by atoms with Crippen molar-refractivity contribution in [2.75, 3.05) is 19.6 Å². The SMILES string of the molecule is Cc1ccc(C2=NC3CNCCN3N2)cc1. The molecule has 2 aliphatic heterocycles. The Morgan fingerprint density at radius 1 is 1.31 bits per heavy atom. The smallest absolute Gasteiger partial charge is 0.144 e. The number of piperazine rings is 1. The molecule has 4 heteroatoms. The van der Waals surface area contributed by atoms with Gasteiger partial charge in [-0.1, -0.05) is 29.8 Å². The third-order valence-electron chi connectivity index (χ3n) is 3.07. The fourth-order valence-corrected chi connectivity index (χ4v) is 2.10. The standard InChI is InChI=1S/C12H16N4/c1-9-2-4-10(5-3-9)12-14-11-8-13-6-7-16(11)15-12/h2-5,11,13H,6-8H2,1H3,(H,14,15). The average Bonchev–Trinajstić information content (AvgIpc) is 2.73. The van der Waals surface area contributed by atoms with Crippen molar-refractivity contribution in [1.29, 1.82) is 0 Å². The Morgan fingerprint density at radius 3 is 2.88 bits per heavy atom. The van der Waals surface area contributed by atoms with E-state index in [4.69, 9.17) is 0 Å². The minimum atomic E-state index is 0.255. The molecule has 4 nitrogen and oxygen atoms in total. The average molecular weight is 216 g/mol. The number of hydrazine groups is 1. The largest absolute Gasteiger partial charge is 0.312 e. The Balaban J connectivity index is 1.83. The summed E-state index contributed by atoms with van der Waals surface area (Å²) in [4.78, 5) is 4.68. The monoisotopic (exact) mass is 216 g/mol. The lowest BCUT2D eigenvalue weighted by atomic mass is 10.1. The highest BCUT2D eigenvalue weighted by molar-refractivity contribution is 5.99. The highest BCUT2D eigenvalue weighted by atomic mass is 15.6. The number of rotatable bonds is 1. The normalized spacial score (nSPS) is 24.8. The summed E-state index contributed by atoms with van der Waals surface area (Å²) in [6.07, 6.45) is 0.255. The fraction of sp³-hybridized carbons (Fsp3) is 0.417. The maximum absolute atomic E-state index is 4.68. The third kappa shape index (κ3) is 1.70. The van der Waals surface area contributed by atoms with Crippen molar-refractivity contribution in [2.45, 2.75) is 13.1 Å². The van der Waals surface area contributed by atoms with Crippen molar-refractivity contribution >= 4 is 5.84 Å². The summed E-state index contributed by atoms with van der Waals surface area (Å²) in [5.74, 6) is 0.994. The van der Waals surface area contributed by atoms with Crippen LogP contribution in [0.5, 0.6) is 0 Å². The fourth-order valence-electron chi connectivity index (χ4n) is 2.10. The molecule has 0 radical (unpaired) electrons.